The number of likely N-dealkylation sites (tertiary alicyclic amines) is 1. The van der Waals surface area contributed by atoms with Gasteiger partial charge >= 0.3 is 0 Å². The molecule has 2 aromatic carbocycles. The third-order valence-corrected chi connectivity index (χ3v) is 5.54. The van der Waals surface area contributed by atoms with Crippen LogP contribution in [0.3, 0.4) is 0 Å². The Balaban J connectivity index is 1.25. The zero-order chi connectivity index (χ0) is 19.8. The number of benzene rings is 2. The fourth-order valence-corrected chi connectivity index (χ4v) is 4.17. The molecule has 1 saturated heterocycles. The van der Waals surface area contributed by atoms with E-state index in [9.17, 15) is 0 Å². The van der Waals surface area contributed by atoms with Gasteiger partial charge < -0.3 is 9.47 Å². The molecular formula is C24H25N3O2. The molecule has 0 aliphatic carbocycles. The van der Waals surface area contributed by atoms with Crippen LogP contribution in [0, 0.1) is 0 Å². The fraction of sp³-hybridized carbons (Fsp3) is 0.333. The van der Waals surface area contributed by atoms with Crippen LogP contribution in [-0.2, 0) is 23.5 Å². The predicted molar refractivity (Wildman–Crippen MR) is 111 cm³/mol. The molecule has 0 atom stereocenters. The normalized spacial score (nSPS) is 17.3. The number of fused-ring (bicyclic) bond motifs is 2. The minimum atomic E-state index is -0.245. The monoisotopic (exact) mass is 387 g/mol. The summed E-state index contributed by atoms with van der Waals surface area (Å²) in [4.78, 5) is 11.8. The maximum atomic E-state index is 6.20. The topological polar surface area (TPSA) is 47.5 Å². The maximum absolute atomic E-state index is 6.20. The van der Waals surface area contributed by atoms with Gasteiger partial charge in [-0.05, 0) is 31.5 Å². The van der Waals surface area contributed by atoms with Gasteiger partial charge in [0.1, 0.15) is 11.4 Å². The number of hydrogen-bond acceptors (Lipinski definition) is 5. The Kier molecular flexibility index (Phi) is 4.57. The lowest BCUT2D eigenvalue weighted by Crippen LogP contribution is -2.58. The van der Waals surface area contributed by atoms with E-state index in [-0.39, 0.29) is 11.7 Å². The average molecular weight is 387 g/mol. The van der Waals surface area contributed by atoms with Crippen LogP contribution >= 0.6 is 0 Å². The van der Waals surface area contributed by atoms with Crippen LogP contribution in [-0.4, -0.2) is 34.1 Å². The third-order valence-electron chi connectivity index (χ3n) is 5.54. The Morgan fingerprint density at radius 2 is 1.83 bits per heavy atom. The van der Waals surface area contributed by atoms with Gasteiger partial charge in [-0.2, -0.15) is 0 Å². The molecule has 0 N–H and O–H groups in total. The molecule has 0 unspecified atom stereocenters. The molecule has 5 nitrogen and oxygen atoms in total. The minimum Gasteiger partial charge on any atom is -0.491 e. The van der Waals surface area contributed by atoms with Crippen LogP contribution in [0.5, 0.6) is 5.75 Å². The second kappa shape index (κ2) is 7.25. The molecule has 5 rings (SSSR count). The number of ether oxygens (including phenoxy) is 2. The van der Waals surface area contributed by atoms with E-state index in [0.717, 1.165) is 48.0 Å². The van der Waals surface area contributed by atoms with Gasteiger partial charge in [-0.15, -0.1) is 0 Å². The molecule has 0 bridgehead atoms. The average Bonchev–Trinajstić information content (AvgIpc) is 3.08. The molecule has 0 amide bonds. The van der Waals surface area contributed by atoms with Gasteiger partial charge in [0, 0.05) is 37.0 Å². The highest BCUT2D eigenvalue weighted by Gasteiger charge is 2.50. The Bertz CT molecular complexity index is 996. The highest BCUT2D eigenvalue weighted by molar-refractivity contribution is 5.55. The summed E-state index contributed by atoms with van der Waals surface area (Å²) in [5.41, 5.74) is 4.25. The fourth-order valence-electron chi connectivity index (χ4n) is 4.17. The quantitative estimate of drug-likeness (QED) is 0.658. The third kappa shape index (κ3) is 3.52. The van der Waals surface area contributed by atoms with Crippen molar-refractivity contribution in [2.24, 2.45) is 0 Å². The summed E-state index contributed by atoms with van der Waals surface area (Å²) in [6.07, 6.45) is 2.16. The van der Waals surface area contributed by atoms with Gasteiger partial charge in [-0.1, -0.05) is 42.5 Å². The van der Waals surface area contributed by atoms with E-state index in [1.807, 2.05) is 62.5 Å². The molecule has 0 saturated carbocycles. The van der Waals surface area contributed by atoms with Crippen molar-refractivity contribution in [1.29, 1.82) is 0 Å². The van der Waals surface area contributed by atoms with Crippen LogP contribution < -0.4 is 4.74 Å². The molecule has 2 aliphatic rings. The predicted octanol–water partition coefficient (Wildman–Crippen LogP) is 4.17. The van der Waals surface area contributed by atoms with E-state index < -0.39 is 0 Å². The van der Waals surface area contributed by atoms with Gasteiger partial charge in [0.25, 0.3) is 0 Å². The molecule has 1 fully saturated rings. The summed E-state index contributed by atoms with van der Waals surface area (Å²) in [7, 11) is 0. The molecule has 5 heteroatoms. The first-order valence-electron chi connectivity index (χ1n) is 10.1. The van der Waals surface area contributed by atoms with Crippen molar-refractivity contribution in [3.63, 3.8) is 0 Å². The van der Waals surface area contributed by atoms with Crippen LogP contribution in [0.4, 0.5) is 0 Å². The second-order valence-electron chi connectivity index (χ2n) is 8.16. The van der Waals surface area contributed by atoms with E-state index in [2.05, 4.69) is 22.0 Å². The first kappa shape index (κ1) is 18.3. The van der Waals surface area contributed by atoms with E-state index >= 15 is 0 Å². The largest absolute Gasteiger partial charge is 0.491 e. The molecule has 3 aromatic rings. The van der Waals surface area contributed by atoms with Crippen molar-refractivity contribution in [3.05, 3.63) is 77.6 Å². The second-order valence-corrected chi connectivity index (χ2v) is 8.16. The van der Waals surface area contributed by atoms with Crippen molar-refractivity contribution in [2.75, 3.05) is 13.1 Å². The van der Waals surface area contributed by atoms with E-state index in [0.29, 0.717) is 6.61 Å². The lowest BCUT2D eigenvalue weighted by atomic mass is 9.87. The number of rotatable bonds is 5. The van der Waals surface area contributed by atoms with Gasteiger partial charge in [-0.25, -0.2) is 9.97 Å². The molecule has 2 aliphatic heterocycles. The lowest BCUT2D eigenvalue weighted by Gasteiger charge is -2.47. The molecule has 148 valence electrons. The van der Waals surface area contributed by atoms with Gasteiger partial charge in [-0.3, -0.25) is 4.90 Å². The van der Waals surface area contributed by atoms with Gasteiger partial charge in [0.05, 0.1) is 18.4 Å². The smallest absolute Gasteiger partial charge is 0.159 e. The standard InChI is InChI=1S/C24H25N3O2/c1-17(2)29-20-10-8-18(9-11-20)13-27-15-24(16-27)21-12-25-23(26-22(21)14-28-24)19-6-4-3-5-7-19/h3-12,17H,13-16H2,1-2H3. The summed E-state index contributed by atoms with van der Waals surface area (Å²) in [6, 6.07) is 18.5. The zero-order valence-electron chi connectivity index (χ0n) is 16.8. The highest BCUT2D eigenvalue weighted by Crippen LogP contribution is 2.43. The summed E-state index contributed by atoms with van der Waals surface area (Å²) in [6.45, 7) is 7.30. The van der Waals surface area contributed by atoms with Crippen molar-refractivity contribution >= 4 is 0 Å². The summed E-state index contributed by atoms with van der Waals surface area (Å²) in [5, 5.41) is 0. The Labute approximate surface area is 171 Å². The van der Waals surface area contributed by atoms with E-state index in [4.69, 9.17) is 14.5 Å². The van der Waals surface area contributed by atoms with Crippen LogP contribution in [0.2, 0.25) is 0 Å². The maximum Gasteiger partial charge on any atom is 0.159 e. The van der Waals surface area contributed by atoms with Crippen LogP contribution in [0.1, 0.15) is 30.7 Å². The summed E-state index contributed by atoms with van der Waals surface area (Å²) >= 11 is 0. The Morgan fingerprint density at radius 1 is 1.07 bits per heavy atom. The summed E-state index contributed by atoms with van der Waals surface area (Å²) in [5.74, 6) is 1.69. The van der Waals surface area contributed by atoms with Gasteiger partial charge in [0.15, 0.2) is 5.82 Å². The van der Waals surface area contributed by atoms with Crippen LogP contribution in [0.15, 0.2) is 60.8 Å². The van der Waals surface area contributed by atoms with E-state index in [1.165, 1.54) is 5.56 Å². The van der Waals surface area contributed by atoms with Crippen molar-refractivity contribution < 1.29 is 9.47 Å². The van der Waals surface area contributed by atoms with Gasteiger partial charge in [0.2, 0.25) is 0 Å². The number of nitrogens with zero attached hydrogens (tertiary/aromatic N) is 3. The van der Waals surface area contributed by atoms with Crippen molar-refractivity contribution in [3.8, 4) is 17.1 Å². The van der Waals surface area contributed by atoms with Crippen molar-refractivity contribution in [1.82, 2.24) is 14.9 Å². The molecule has 29 heavy (non-hydrogen) atoms. The molecule has 3 heterocycles. The first-order chi connectivity index (χ1) is 14.1. The number of hydrogen-bond donors (Lipinski definition) is 0. The Morgan fingerprint density at radius 3 is 2.55 bits per heavy atom. The first-order valence-corrected chi connectivity index (χ1v) is 10.1. The number of aromatic nitrogens is 2. The molecule has 1 spiro atoms. The molecular weight excluding hydrogens is 362 g/mol. The minimum absolute atomic E-state index is 0.195. The SMILES string of the molecule is CC(C)Oc1ccc(CN2CC3(C2)OCc2nc(-c4ccccc4)ncc23)cc1. The molecule has 1 aromatic heterocycles. The highest BCUT2D eigenvalue weighted by atomic mass is 16.5. The Hall–Kier alpha value is -2.76. The molecule has 0 radical (unpaired) electrons. The summed E-state index contributed by atoms with van der Waals surface area (Å²) < 4.78 is 11.9. The lowest BCUT2D eigenvalue weighted by molar-refractivity contribution is -0.145. The van der Waals surface area contributed by atoms with E-state index in [1.54, 1.807) is 0 Å². The zero-order valence-corrected chi connectivity index (χ0v) is 16.8. The van der Waals surface area contributed by atoms with Crippen molar-refractivity contribution in [2.45, 2.75) is 38.7 Å². The van der Waals surface area contributed by atoms with Crippen LogP contribution in [0.25, 0.3) is 11.4 Å².